The van der Waals surface area contributed by atoms with Gasteiger partial charge in [0.05, 0.1) is 22.9 Å². The SMILES string of the molecule is Cc1nn(-c2ccccc2)c(Oc2ccc(Cl)cc2)c1C1C(C#N)=C(N)OC2=C1C(=O)CC(C)(C)C2. The molecule has 0 amide bonds. The van der Waals surface area contributed by atoms with Crippen molar-refractivity contribution in [1.82, 2.24) is 9.78 Å². The summed E-state index contributed by atoms with van der Waals surface area (Å²) in [7, 11) is 0. The number of nitriles is 1. The maximum Gasteiger partial charge on any atom is 0.227 e. The average molecular weight is 501 g/mol. The highest BCUT2D eigenvalue weighted by Crippen LogP contribution is 2.51. The second-order valence-corrected chi connectivity index (χ2v) is 10.2. The van der Waals surface area contributed by atoms with Crippen molar-refractivity contribution in [3.63, 3.8) is 0 Å². The molecule has 2 aliphatic rings. The Labute approximate surface area is 214 Å². The number of ketones is 1. The molecule has 0 radical (unpaired) electrons. The first-order valence-electron chi connectivity index (χ1n) is 11.6. The van der Waals surface area contributed by atoms with Gasteiger partial charge in [-0.25, -0.2) is 4.68 Å². The minimum atomic E-state index is -0.762. The van der Waals surface area contributed by atoms with Crippen LogP contribution in [0.25, 0.3) is 5.69 Å². The van der Waals surface area contributed by atoms with Crippen molar-refractivity contribution >= 4 is 17.4 Å². The topological polar surface area (TPSA) is 103 Å². The zero-order valence-electron chi connectivity index (χ0n) is 20.2. The third-order valence-corrected chi connectivity index (χ3v) is 6.71. The molecule has 1 unspecified atom stereocenters. The standard InChI is InChI=1S/C28H25ClN4O3/c1-16-23(24-20(15-30)26(31)36-22-14-28(2,3)13-21(34)25(22)24)27(35-19-11-9-17(29)10-12-19)33(32-16)18-7-5-4-6-8-18/h4-12,24H,13-14,31H2,1-3H3. The lowest BCUT2D eigenvalue weighted by Gasteiger charge is -2.37. The predicted octanol–water partition coefficient (Wildman–Crippen LogP) is 6.08. The summed E-state index contributed by atoms with van der Waals surface area (Å²) in [6.45, 7) is 5.86. The van der Waals surface area contributed by atoms with E-state index in [1.165, 1.54) is 0 Å². The van der Waals surface area contributed by atoms with E-state index < -0.39 is 5.92 Å². The first kappa shape index (κ1) is 23.7. The number of nitrogens with zero attached hydrogens (tertiary/aromatic N) is 3. The predicted molar refractivity (Wildman–Crippen MR) is 136 cm³/mol. The van der Waals surface area contributed by atoms with E-state index in [9.17, 15) is 10.1 Å². The van der Waals surface area contributed by atoms with E-state index in [2.05, 4.69) is 6.07 Å². The smallest absolute Gasteiger partial charge is 0.227 e. The average Bonchev–Trinajstić information content (AvgIpc) is 3.14. The third kappa shape index (κ3) is 4.14. The minimum Gasteiger partial charge on any atom is -0.444 e. The summed E-state index contributed by atoms with van der Waals surface area (Å²) in [5, 5.41) is 15.5. The lowest BCUT2D eigenvalue weighted by atomic mass is 9.70. The van der Waals surface area contributed by atoms with Gasteiger partial charge in [0.25, 0.3) is 0 Å². The van der Waals surface area contributed by atoms with E-state index in [0.29, 0.717) is 52.1 Å². The molecule has 0 saturated heterocycles. The van der Waals surface area contributed by atoms with E-state index >= 15 is 0 Å². The van der Waals surface area contributed by atoms with Crippen molar-refractivity contribution in [3.05, 3.63) is 93.7 Å². The minimum absolute atomic E-state index is 0.00365. The number of hydrogen-bond acceptors (Lipinski definition) is 6. The number of hydrogen-bond donors (Lipinski definition) is 1. The number of para-hydroxylation sites is 1. The molecule has 1 aliphatic carbocycles. The number of halogens is 1. The summed E-state index contributed by atoms with van der Waals surface area (Å²) >= 11 is 6.08. The first-order chi connectivity index (χ1) is 17.2. The van der Waals surface area contributed by atoms with Crippen LogP contribution in [0, 0.1) is 23.7 Å². The van der Waals surface area contributed by atoms with Crippen molar-refractivity contribution in [2.24, 2.45) is 11.1 Å². The normalized spacial score (nSPS) is 19.0. The van der Waals surface area contributed by atoms with Crippen LogP contribution in [0.1, 0.15) is 43.9 Å². The first-order valence-corrected chi connectivity index (χ1v) is 12.0. The summed E-state index contributed by atoms with van der Waals surface area (Å²) in [6, 6.07) is 18.7. The second kappa shape index (κ2) is 8.89. The van der Waals surface area contributed by atoms with Crippen molar-refractivity contribution in [3.8, 4) is 23.4 Å². The number of carbonyl (C=O) groups is 1. The number of carbonyl (C=O) groups excluding carboxylic acids is 1. The molecule has 36 heavy (non-hydrogen) atoms. The molecule has 5 rings (SSSR count). The molecule has 182 valence electrons. The van der Waals surface area contributed by atoms with E-state index in [0.717, 1.165) is 5.69 Å². The summed E-state index contributed by atoms with van der Waals surface area (Å²) in [5.74, 6) is 0.583. The summed E-state index contributed by atoms with van der Waals surface area (Å²) in [4.78, 5) is 13.5. The van der Waals surface area contributed by atoms with Gasteiger partial charge in [-0.2, -0.15) is 10.4 Å². The van der Waals surface area contributed by atoms with Gasteiger partial charge in [-0.1, -0.05) is 43.6 Å². The molecule has 1 atom stereocenters. The van der Waals surface area contributed by atoms with E-state index in [-0.39, 0.29) is 22.7 Å². The molecule has 2 N–H and O–H groups in total. The van der Waals surface area contributed by atoms with Crippen molar-refractivity contribution in [2.45, 2.75) is 39.5 Å². The van der Waals surface area contributed by atoms with Gasteiger partial charge in [-0.15, -0.1) is 0 Å². The summed E-state index contributed by atoms with van der Waals surface area (Å²) in [6.07, 6.45) is 0.868. The Morgan fingerprint density at radius 1 is 1.17 bits per heavy atom. The molecule has 0 saturated carbocycles. The maximum absolute atomic E-state index is 13.5. The lowest BCUT2D eigenvalue weighted by molar-refractivity contribution is -0.119. The van der Waals surface area contributed by atoms with Crippen LogP contribution in [0.4, 0.5) is 0 Å². The largest absolute Gasteiger partial charge is 0.444 e. The molecule has 1 aromatic heterocycles. The van der Waals surface area contributed by atoms with Crippen LogP contribution in [0.15, 0.2) is 77.4 Å². The molecule has 7 nitrogen and oxygen atoms in total. The van der Waals surface area contributed by atoms with Crippen molar-refractivity contribution < 1.29 is 14.3 Å². The zero-order chi connectivity index (χ0) is 25.6. The van der Waals surface area contributed by atoms with Crippen LogP contribution in [0.5, 0.6) is 11.6 Å². The van der Waals surface area contributed by atoms with Crippen LogP contribution in [-0.2, 0) is 9.53 Å². The Hall–Kier alpha value is -4.02. The van der Waals surface area contributed by atoms with Gasteiger partial charge in [0.2, 0.25) is 11.8 Å². The van der Waals surface area contributed by atoms with E-state index in [1.807, 2.05) is 51.1 Å². The van der Waals surface area contributed by atoms with Gasteiger partial charge in [0, 0.05) is 23.4 Å². The monoisotopic (exact) mass is 500 g/mol. The lowest BCUT2D eigenvalue weighted by Crippen LogP contribution is -2.33. The molecule has 2 aromatic carbocycles. The summed E-state index contributed by atoms with van der Waals surface area (Å²) in [5.41, 5.74) is 8.55. The number of aryl methyl sites for hydroxylation is 1. The van der Waals surface area contributed by atoms with E-state index in [4.69, 9.17) is 31.9 Å². The number of ether oxygens (including phenoxy) is 2. The Morgan fingerprint density at radius 3 is 2.53 bits per heavy atom. The van der Waals surface area contributed by atoms with Crippen LogP contribution in [0.2, 0.25) is 5.02 Å². The quantitative estimate of drug-likeness (QED) is 0.465. The Balaban J connectivity index is 1.76. The molecule has 8 heteroatoms. The molecule has 1 aliphatic heterocycles. The fourth-order valence-electron chi connectivity index (χ4n) is 4.88. The summed E-state index contributed by atoms with van der Waals surface area (Å²) < 4.78 is 13.9. The molecule has 3 aromatic rings. The van der Waals surface area contributed by atoms with Gasteiger partial charge in [-0.05, 0) is 48.7 Å². The van der Waals surface area contributed by atoms with Crippen molar-refractivity contribution in [1.29, 1.82) is 5.26 Å². The maximum atomic E-state index is 13.5. The Morgan fingerprint density at radius 2 is 1.86 bits per heavy atom. The number of benzene rings is 2. The van der Waals surface area contributed by atoms with Gasteiger partial charge in [-0.3, -0.25) is 4.79 Å². The second-order valence-electron chi connectivity index (χ2n) is 9.81. The van der Waals surface area contributed by atoms with Crippen LogP contribution in [-0.4, -0.2) is 15.6 Å². The third-order valence-electron chi connectivity index (χ3n) is 6.46. The van der Waals surface area contributed by atoms with Gasteiger partial charge >= 0.3 is 0 Å². The number of rotatable bonds is 4. The molecular weight excluding hydrogens is 476 g/mol. The van der Waals surface area contributed by atoms with Crippen molar-refractivity contribution in [2.75, 3.05) is 0 Å². The highest BCUT2D eigenvalue weighted by atomic mass is 35.5. The molecule has 0 fully saturated rings. The number of allylic oxidation sites excluding steroid dienone is 3. The molecule has 2 heterocycles. The number of aromatic nitrogens is 2. The van der Waals surface area contributed by atoms with Gasteiger partial charge in [0.15, 0.2) is 5.78 Å². The fourth-order valence-corrected chi connectivity index (χ4v) is 5.01. The zero-order valence-corrected chi connectivity index (χ0v) is 21.0. The molecule has 0 bridgehead atoms. The number of Topliss-reactive ketones (excluding diaryl/α,β-unsaturated/α-hetero) is 1. The van der Waals surface area contributed by atoms with Crippen LogP contribution in [0.3, 0.4) is 0 Å². The fraction of sp³-hybridized carbons (Fsp3) is 0.250. The van der Waals surface area contributed by atoms with Gasteiger partial charge < -0.3 is 15.2 Å². The highest BCUT2D eigenvalue weighted by molar-refractivity contribution is 6.30. The highest BCUT2D eigenvalue weighted by Gasteiger charge is 2.45. The number of nitrogens with two attached hydrogens (primary N) is 1. The van der Waals surface area contributed by atoms with Crippen LogP contribution >= 0.6 is 11.6 Å². The Bertz CT molecular complexity index is 1460. The van der Waals surface area contributed by atoms with E-state index in [1.54, 1.807) is 28.9 Å². The Kier molecular flexibility index (Phi) is 5.85. The molecular formula is C28H25ClN4O3. The van der Waals surface area contributed by atoms with Gasteiger partial charge in [0.1, 0.15) is 23.2 Å². The molecule has 0 spiro atoms. The van der Waals surface area contributed by atoms with Crippen LogP contribution < -0.4 is 10.5 Å².